The van der Waals surface area contributed by atoms with Gasteiger partial charge in [-0.1, -0.05) is 36.4 Å². The van der Waals surface area contributed by atoms with Crippen molar-refractivity contribution in [1.82, 2.24) is 10.2 Å². The first-order valence-electron chi connectivity index (χ1n) is 10.7. The molecule has 0 heterocycles. The van der Waals surface area contributed by atoms with Crippen LogP contribution in [0.4, 0.5) is 4.39 Å². The second-order valence-corrected chi connectivity index (χ2v) is 8.79. The van der Waals surface area contributed by atoms with Crippen LogP contribution < -0.4 is 5.32 Å². The Labute approximate surface area is 178 Å². The summed E-state index contributed by atoms with van der Waals surface area (Å²) in [4.78, 5) is 15.0. The second kappa shape index (κ2) is 8.97. The van der Waals surface area contributed by atoms with Gasteiger partial charge in [0.1, 0.15) is 5.82 Å². The molecule has 1 N–H and O–H groups in total. The Kier molecular flexibility index (Phi) is 6.14. The van der Waals surface area contributed by atoms with Crippen LogP contribution >= 0.6 is 0 Å². The molecule has 1 saturated carbocycles. The Morgan fingerprint density at radius 1 is 1.00 bits per heavy atom. The van der Waals surface area contributed by atoms with Crippen LogP contribution in [0.25, 0.3) is 11.1 Å². The molecule has 156 valence electrons. The third kappa shape index (κ3) is 4.88. The van der Waals surface area contributed by atoms with E-state index in [1.165, 1.54) is 31.4 Å². The van der Waals surface area contributed by atoms with Crippen LogP contribution in [0, 0.1) is 23.6 Å². The normalized spacial score (nSPS) is 23.1. The van der Waals surface area contributed by atoms with Gasteiger partial charge in [0.25, 0.3) is 5.91 Å². The van der Waals surface area contributed by atoms with E-state index in [1.54, 1.807) is 12.1 Å². The lowest BCUT2D eigenvalue weighted by Gasteiger charge is -2.36. The van der Waals surface area contributed by atoms with E-state index < -0.39 is 0 Å². The van der Waals surface area contributed by atoms with Crippen molar-refractivity contribution in [3.63, 3.8) is 0 Å². The number of amides is 1. The highest BCUT2D eigenvalue weighted by Crippen LogP contribution is 2.38. The summed E-state index contributed by atoms with van der Waals surface area (Å²) in [5, 5.41) is 3.06. The van der Waals surface area contributed by atoms with Crippen molar-refractivity contribution in [2.24, 2.45) is 17.8 Å². The zero-order valence-corrected chi connectivity index (χ0v) is 17.6. The first kappa shape index (κ1) is 20.5. The molecule has 4 heteroatoms. The molecule has 2 aromatic rings. The minimum absolute atomic E-state index is 0.101. The van der Waals surface area contributed by atoms with E-state index in [9.17, 15) is 9.18 Å². The number of benzene rings is 2. The van der Waals surface area contributed by atoms with Crippen LogP contribution in [0.1, 0.15) is 29.6 Å². The molecule has 0 radical (unpaired) electrons. The summed E-state index contributed by atoms with van der Waals surface area (Å²) in [5.74, 6) is 1.51. The van der Waals surface area contributed by atoms with Crippen LogP contribution in [0.2, 0.25) is 0 Å². The smallest absolute Gasteiger partial charge is 0.255 e. The largest absolute Gasteiger partial charge is 0.322 e. The number of hydrogen-bond acceptors (Lipinski definition) is 2. The van der Waals surface area contributed by atoms with E-state index in [-0.39, 0.29) is 11.7 Å². The molecule has 0 bridgehead atoms. The third-order valence-corrected chi connectivity index (χ3v) is 6.19. The Hall–Kier alpha value is -2.72. The third-order valence-electron chi connectivity index (χ3n) is 6.19. The molecule has 2 aromatic carbocycles. The molecule has 3 nitrogen and oxygen atoms in total. The molecule has 30 heavy (non-hydrogen) atoms. The predicted octanol–water partition coefficient (Wildman–Crippen LogP) is 5.27. The number of fused-ring (bicyclic) bond motifs is 1. The van der Waals surface area contributed by atoms with Crippen molar-refractivity contribution in [1.29, 1.82) is 0 Å². The maximum absolute atomic E-state index is 13.1. The SMILES string of the molecule is CN(C)C[C@@H]1CCC2C=C(NC(=O)c3ccc(-c4ccc(F)cc4)cc3)C=CC2C1. The van der Waals surface area contributed by atoms with E-state index in [1.807, 2.05) is 24.3 Å². The lowest BCUT2D eigenvalue weighted by molar-refractivity contribution is 0.0966. The van der Waals surface area contributed by atoms with Gasteiger partial charge in [0.05, 0.1) is 0 Å². The van der Waals surface area contributed by atoms with Crippen LogP contribution in [0.3, 0.4) is 0 Å². The minimum Gasteiger partial charge on any atom is -0.322 e. The van der Waals surface area contributed by atoms with Crippen molar-refractivity contribution < 1.29 is 9.18 Å². The Morgan fingerprint density at radius 2 is 1.67 bits per heavy atom. The number of nitrogens with one attached hydrogen (secondary N) is 1. The van der Waals surface area contributed by atoms with E-state index in [0.717, 1.165) is 29.3 Å². The zero-order valence-electron chi connectivity index (χ0n) is 17.6. The van der Waals surface area contributed by atoms with Gasteiger partial charge < -0.3 is 10.2 Å². The molecule has 0 spiro atoms. The predicted molar refractivity (Wildman–Crippen MR) is 119 cm³/mol. The number of allylic oxidation sites excluding steroid dienone is 3. The number of carbonyl (C=O) groups excluding carboxylic acids is 1. The van der Waals surface area contributed by atoms with Crippen LogP contribution in [-0.4, -0.2) is 31.4 Å². The molecule has 4 rings (SSSR count). The van der Waals surface area contributed by atoms with E-state index in [2.05, 4.69) is 42.5 Å². The summed E-state index contributed by atoms with van der Waals surface area (Å²) in [6.07, 6.45) is 10.2. The quantitative estimate of drug-likeness (QED) is 0.736. The summed E-state index contributed by atoms with van der Waals surface area (Å²) in [6.45, 7) is 1.15. The van der Waals surface area contributed by atoms with Crippen LogP contribution in [-0.2, 0) is 0 Å². The molecule has 2 unspecified atom stereocenters. The fraction of sp³-hybridized carbons (Fsp3) is 0.346. The molecule has 0 saturated heterocycles. The molecule has 0 aliphatic heterocycles. The average molecular weight is 405 g/mol. The molecular formula is C26H29FN2O. The van der Waals surface area contributed by atoms with Crippen molar-refractivity contribution in [2.75, 3.05) is 20.6 Å². The number of nitrogens with zero attached hydrogens (tertiary/aromatic N) is 1. The number of carbonyl (C=O) groups is 1. The molecule has 1 amide bonds. The van der Waals surface area contributed by atoms with Gasteiger partial charge in [-0.25, -0.2) is 4.39 Å². The van der Waals surface area contributed by atoms with Gasteiger partial charge >= 0.3 is 0 Å². The fourth-order valence-corrected chi connectivity index (χ4v) is 4.69. The molecular weight excluding hydrogens is 375 g/mol. The summed E-state index contributed by atoms with van der Waals surface area (Å²) in [6, 6.07) is 13.8. The van der Waals surface area contributed by atoms with Crippen molar-refractivity contribution in [2.45, 2.75) is 19.3 Å². The summed E-state index contributed by atoms with van der Waals surface area (Å²) in [7, 11) is 4.28. The van der Waals surface area contributed by atoms with Crippen LogP contribution in [0.5, 0.6) is 0 Å². The van der Waals surface area contributed by atoms with E-state index in [4.69, 9.17) is 0 Å². The van der Waals surface area contributed by atoms with Crippen LogP contribution in [0.15, 0.2) is 72.5 Å². The molecule has 3 atom stereocenters. The maximum Gasteiger partial charge on any atom is 0.255 e. The molecule has 1 fully saturated rings. The second-order valence-electron chi connectivity index (χ2n) is 8.79. The van der Waals surface area contributed by atoms with E-state index in [0.29, 0.717) is 17.4 Å². The van der Waals surface area contributed by atoms with Gasteiger partial charge in [0.15, 0.2) is 0 Å². The molecule has 2 aliphatic carbocycles. The molecule has 2 aliphatic rings. The van der Waals surface area contributed by atoms with Crippen molar-refractivity contribution in [3.05, 3.63) is 83.8 Å². The maximum atomic E-state index is 13.1. The number of hydrogen-bond donors (Lipinski definition) is 1. The number of halogens is 1. The first-order chi connectivity index (χ1) is 14.5. The Bertz CT molecular complexity index is 944. The summed E-state index contributed by atoms with van der Waals surface area (Å²) >= 11 is 0. The topological polar surface area (TPSA) is 32.3 Å². The number of rotatable bonds is 5. The van der Waals surface area contributed by atoms with Gasteiger partial charge in [-0.05, 0) is 92.6 Å². The Morgan fingerprint density at radius 3 is 2.33 bits per heavy atom. The highest BCUT2D eigenvalue weighted by Gasteiger charge is 2.30. The van der Waals surface area contributed by atoms with Gasteiger partial charge in [-0.2, -0.15) is 0 Å². The van der Waals surface area contributed by atoms with Gasteiger partial charge in [-0.15, -0.1) is 0 Å². The summed E-state index contributed by atoms with van der Waals surface area (Å²) in [5.41, 5.74) is 3.40. The average Bonchev–Trinajstić information content (AvgIpc) is 2.74. The highest BCUT2D eigenvalue weighted by atomic mass is 19.1. The standard InChI is InChI=1S/C26H29FN2O/c1-29(2)17-18-3-4-23-16-25(14-11-22(23)15-18)28-26(30)21-7-5-19(6-8-21)20-9-12-24(27)13-10-20/h5-14,16,18,22-23H,3-4,15,17H2,1-2H3,(H,28,30)/t18-,22?,23?/m1/s1. The fourth-order valence-electron chi connectivity index (χ4n) is 4.69. The van der Waals surface area contributed by atoms with Gasteiger partial charge in [0, 0.05) is 17.8 Å². The molecule has 0 aromatic heterocycles. The van der Waals surface area contributed by atoms with Gasteiger partial charge in [-0.3, -0.25) is 4.79 Å². The highest BCUT2D eigenvalue weighted by molar-refractivity contribution is 5.96. The van der Waals surface area contributed by atoms with Crippen molar-refractivity contribution >= 4 is 5.91 Å². The minimum atomic E-state index is -0.253. The first-order valence-corrected chi connectivity index (χ1v) is 10.7. The zero-order chi connectivity index (χ0) is 21.1. The Balaban J connectivity index is 1.37. The monoisotopic (exact) mass is 404 g/mol. The lowest BCUT2D eigenvalue weighted by Crippen LogP contribution is -2.32. The van der Waals surface area contributed by atoms with Gasteiger partial charge in [0.2, 0.25) is 0 Å². The lowest BCUT2D eigenvalue weighted by atomic mass is 9.72. The van der Waals surface area contributed by atoms with Crippen molar-refractivity contribution in [3.8, 4) is 11.1 Å². The summed E-state index contributed by atoms with van der Waals surface area (Å²) < 4.78 is 13.1. The van der Waals surface area contributed by atoms with E-state index >= 15 is 0 Å².